The van der Waals surface area contributed by atoms with Crippen LogP contribution in [0.4, 0.5) is 0 Å². The Morgan fingerprint density at radius 3 is 1.33 bits per heavy atom. The number of esters is 1. The fraction of sp³-hybridized carbons (Fsp3) is 0.513. The molecule has 3 aromatic rings. The third-order valence-corrected chi connectivity index (χ3v) is 10.1. The molecule has 4 nitrogen and oxygen atoms in total. The molecule has 0 spiro atoms. The Balaban J connectivity index is 2.11. The molecule has 0 saturated carbocycles. The summed E-state index contributed by atoms with van der Waals surface area (Å²) in [6, 6.07) is 13.6. The number of carbonyl (C=O) groups excluding carboxylic acids is 1. The molecule has 246 valence electrons. The zero-order valence-electron chi connectivity index (χ0n) is 30.1. The molecule has 3 aromatic carbocycles. The lowest BCUT2D eigenvalue weighted by Crippen LogP contribution is -2.22. The number of hydrogen-bond donors (Lipinski definition) is 2. The first-order valence-corrected chi connectivity index (χ1v) is 17.3. The molecule has 0 bridgehead atoms. The van der Waals surface area contributed by atoms with Crippen LogP contribution >= 0.6 is 23.5 Å². The summed E-state index contributed by atoms with van der Waals surface area (Å²) in [5.41, 5.74) is 3.75. The molecule has 0 radical (unpaired) electrons. The molecular weight excluding hydrogens is 597 g/mol. The van der Waals surface area contributed by atoms with Gasteiger partial charge in [0.05, 0.1) is 4.08 Å². The summed E-state index contributed by atoms with van der Waals surface area (Å²) in [7, 11) is 0. The molecule has 2 N–H and O–H groups in total. The highest BCUT2D eigenvalue weighted by atomic mass is 32.2. The number of hydrogen-bond acceptors (Lipinski definition) is 6. The lowest BCUT2D eigenvalue weighted by molar-refractivity contribution is 0.0725. The van der Waals surface area contributed by atoms with Crippen molar-refractivity contribution < 1.29 is 19.7 Å². The first kappa shape index (κ1) is 36.9. The Morgan fingerprint density at radius 2 is 0.978 bits per heavy atom. The molecule has 45 heavy (non-hydrogen) atoms. The minimum absolute atomic E-state index is 0.0842. The maximum atomic E-state index is 13.4. The fourth-order valence-corrected chi connectivity index (χ4v) is 7.83. The lowest BCUT2D eigenvalue weighted by atomic mass is 9.79. The molecule has 6 heteroatoms. The van der Waals surface area contributed by atoms with E-state index < -0.39 is 5.97 Å². The van der Waals surface area contributed by atoms with E-state index in [9.17, 15) is 15.0 Å². The van der Waals surface area contributed by atoms with Gasteiger partial charge in [-0.15, -0.1) is 23.5 Å². The van der Waals surface area contributed by atoms with Crippen LogP contribution in [0.3, 0.4) is 0 Å². The van der Waals surface area contributed by atoms with Crippen molar-refractivity contribution in [2.75, 3.05) is 0 Å². The van der Waals surface area contributed by atoms with Crippen LogP contribution in [-0.2, 0) is 21.7 Å². The maximum absolute atomic E-state index is 13.4. The molecule has 0 atom stereocenters. The smallest absolute Gasteiger partial charge is 0.347 e. The van der Waals surface area contributed by atoms with Crippen molar-refractivity contribution in [1.82, 2.24) is 0 Å². The zero-order valence-corrected chi connectivity index (χ0v) is 31.7. The number of carbonyl (C=O) groups is 1. The number of phenols is 2. The van der Waals surface area contributed by atoms with E-state index in [2.05, 4.69) is 121 Å². The molecule has 0 fully saturated rings. The summed E-state index contributed by atoms with van der Waals surface area (Å²) in [6.07, 6.45) is 0. The van der Waals surface area contributed by atoms with Gasteiger partial charge in [-0.25, -0.2) is 4.79 Å². The largest absolute Gasteiger partial charge is 0.507 e. The van der Waals surface area contributed by atoms with Crippen LogP contribution in [0, 0.1) is 6.92 Å². The molecule has 0 aliphatic rings. The number of rotatable bonds is 6. The Bertz CT molecular complexity index is 1500. The summed E-state index contributed by atoms with van der Waals surface area (Å²) in [5, 5.41) is 21.8. The Kier molecular flexibility index (Phi) is 10.3. The van der Waals surface area contributed by atoms with Crippen molar-refractivity contribution in [3.8, 4) is 17.2 Å². The minimum Gasteiger partial charge on any atom is -0.507 e. The van der Waals surface area contributed by atoms with E-state index in [0.717, 1.165) is 37.6 Å². The highest BCUT2D eigenvalue weighted by molar-refractivity contribution is 8.18. The number of ether oxygens (including phenoxy) is 1. The topological polar surface area (TPSA) is 66.8 Å². The minimum atomic E-state index is -0.573. The van der Waals surface area contributed by atoms with E-state index in [4.69, 9.17) is 4.74 Å². The van der Waals surface area contributed by atoms with E-state index in [1.807, 2.05) is 6.92 Å². The van der Waals surface area contributed by atoms with Gasteiger partial charge in [0, 0.05) is 32.0 Å². The first-order valence-electron chi connectivity index (χ1n) is 15.7. The van der Waals surface area contributed by atoms with Crippen LogP contribution in [0.15, 0.2) is 52.3 Å². The second-order valence-corrected chi connectivity index (χ2v) is 20.4. The van der Waals surface area contributed by atoms with E-state index in [1.165, 1.54) is 0 Å². The highest BCUT2D eigenvalue weighted by Gasteiger charge is 2.33. The molecule has 0 unspecified atom stereocenters. The van der Waals surface area contributed by atoms with Crippen molar-refractivity contribution in [3.63, 3.8) is 0 Å². The second-order valence-electron chi connectivity index (χ2n) is 16.7. The van der Waals surface area contributed by atoms with Gasteiger partial charge in [0.25, 0.3) is 0 Å². The third kappa shape index (κ3) is 9.04. The van der Waals surface area contributed by atoms with Gasteiger partial charge in [-0.1, -0.05) is 89.2 Å². The summed E-state index contributed by atoms with van der Waals surface area (Å²) < 4.78 is 5.91. The van der Waals surface area contributed by atoms with Gasteiger partial charge in [0.2, 0.25) is 0 Å². The van der Waals surface area contributed by atoms with Crippen LogP contribution < -0.4 is 4.74 Å². The van der Waals surface area contributed by atoms with Gasteiger partial charge in [-0.3, -0.25) is 0 Å². The van der Waals surface area contributed by atoms with E-state index in [1.54, 1.807) is 41.7 Å². The monoisotopic (exact) mass is 650 g/mol. The molecule has 0 aliphatic carbocycles. The molecular formula is C39H54O4S2. The molecule has 0 saturated heterocycles. The molecule has 0 amide bonds. The predicted octanol–water partition coefficient (Wildman–Crippen LogP) is 11.4. The number of benzene rings is 3. The predicted molar refractivity (Wildman–Crippen MR) is 193 cm³/mol. The van der Waals surface area contributed by atoms with Crippen LogP contribution in [0.1, 0.15) is 135 Å². The molecule has 0 aromatic heterocycles. The SMILES string of the molecule is Cc1ccc(C(=O)Oc2c(C(C)(C)C)cc(SC(C)(C)Sc3cc(C(C)(C)C)c(O)c(C(C)(C)C)c3)cc2C(C)(C)C)c(O)c1. The quantitative estimate of drug-likeness (QED) is 0.120. The number of phenolic OH excluding ortho intramolecular Hbond substituents is 2. The van der Waals surface area contributed by atoms with E-state index in [-0.39, 0.29) is 37.1 Å². The standard InChI is InChI=1S/C39H54O4S2/c1-23-16-17-26(31(40)18-23)34(42)43-33-29(37(8,9)10)21-25(22-30(33)38(11,12)13)45-39(14,15)44-24-19-27(35(2,3)4)32(41)28(20-24)36(5,6)7/h16-22,40-41H,1-15H3. The molecule has 3 rings (SSSR count). The van der Waals surface area contributed by atoms with E-state index in [0.29, 0.717) is 11.5 Å². The van der Waals surface area contributed by atoms with Crippen molar-refractivity contribution in [3.05, 3.63) is 75.8 Å². The molecule has 0 heterocycles. The van der Waals surface area contributed by atoms with Crippen LogP contribution in [0.2, 0.25) is 0 Å². The summed E-state index contributed by atoms with van der Waals surface area (Å²) in [4.78, 5) is 15.6. The van der Waals surface area contributed by atoms with Crippen molar-refractivity contribution in [2.24, 2.45) is 0 Å². The maximum Gasteiger partial charge on any atom is 0.347 e. The van der Waals surface area contributed by atoms with Gasteiger partial charge in [0.1, 0.15) is 22.8 Å². The van der Waals surface area contributed by atoms with Crippen molar-refractivity contribution in [1.29, 1.82) is 0 Å². The average molecular weight is 651 g/mol. The highest BCUT2D eigenvalue weighted by Crippen LogP contribution is 2.51. The van der Waals surface area contributed by atoms with Crippen LogP contribution in [0.25, 0.3) is 0 Å². The second kappa shape index (κ2) is 12.6. The third-order valence-electron chi connectivity index (χ3n) is 7.67. The number of aromatic hydroxyl groups is 2. The van der Waals surface area contributed by atoms with E-state index >= 15 is 0 Å². The fourth-order valence-electron chi connectivity index (χ4n) is 5.25. The Labute approximate surface area is 280 Å². The normalized spacial score (nSPS) is 13.2. The summed E-state index contributed by atoms with van der Waals surface area (Å²) in [5.74, 6) is 0.284. The summed E-state index contributed by atoms with van der Waals surface area (Å²) in [6.45, 7) is 31.9. The number of aryl methyl sites for hydroxylation is 1. The lowest BCUT2D eigenvalue weighted by Gasteiger charge is -2.32. The van der Waals surface area contributed by atoms with Gasteiger partial charge in [-0.05, 0) is 84.4 Å². The average Bonchev–Trinajstić information content (AvgIpc) is 2.82. The van der Waals surface area contributed by atoms with Gasteiger partial charge >= 0.3 is 5.97 Å². The summed E-state index contributed by atoms with van der Waals surface area (Å²) >= 11 is 3.57. The van der Waals surface area contributed by atoms with Crippen molar-refractivity contribution in [2.45, 2.75) is 139 Å². The van der Waals surface area contributed by atoms with Gasteiger partial charge < -0.3 is 14.9 Å². The van der Waals surface area contributed by atoms with Crippen LogP contribution in [-0.4, -0.2) is 20.3 Å². The van der Waals surface area contributed by atoms with Gasteiger partial charge in [-0.2, -0.15) is 0 Å². The zero-order chi connectivity index (χ0) is 34.5. The Hall–Kier alpha value is -2.57. The molecule has 0 aliphatic heterocycles. The number of thioether (sulfide) groups is 2. The first-order chi connectivity index (χ1) is 20.2. The van der Waals surface area contributed by atoms with Crippen molar-refractivity contribution >= 4 is 29.5 Å². The van der Waals surface area contributed by atoms with Crippen LogP contribution in [0.5, 0.6) is 17.2 Å². The Morgan fingerprint density at radius 1 is 0.600 bits per heavy atom. The van der Waals surface area contributed by atoms with Gasteiger partial charge in [0.15, 0.2) is 0 Å².